The predicted molar refractivity (Wildman–Crippen MR) is 182 cm³/mol. The quantitative estimate of drug-likeness (QED) is 0.323. The fourth-order valence-electron chi connectivity index (χ4n) is 7.66. The summed E-state index contributed by atoms with van der Waals surface area (Å²) in [4.78, 5) is 46.6. The molecule has 3 fully saturated rings. The summed E-state index contributed by atoms with van der Waals surface area (Å²) in [6.07, 6.45) is 7.16. The van der Waals surface area contributed by atoms with Crippen molar-refractivity contribution in [2.75, 3.05) is 46.8 Å². The van der Waals surface area contributed by atoms with E-state index in [1.165, 1.54) is 6.42 Å². The number of hydrogen-bond acceptors (Lipinski definition) is 7. The van der Waals surface area contributed by atoms with Crippen LogP contribution in [-0.4, -0.2) is 112 Å². The molecule has 47 heavy (non-hydrogen) atoms. The van der Waals surface area contributed by atoms with E-state index < -0.39 is 17.7 Å². The zero-order chi connectivity index (χ0) is 33.7. The maximum Gasteiger partial charge on any atom is 0.251 e. The second-order valence-corrected chi connectivity index (χ2v) is 14.2. The van der Waals surface area contributed by atoms with Crippen LogP contribution < -0.4 is 10.6 Å². The number of aromatic nitrogens is 2. The number of unbranched alkanes of at least 4 members (excludes halogenated alkanes) is 1. The van der Waals surface area contributed by atoms with Crippen LogP contribution >= 0.6 is 0 Å². The van der Waals surface area contributed by atoms with E-state index in [0.717, 1.165) is 67.7 Å². The number of piperidine rings is 1. The number of aliphatic hydroxyl groups is 1. The van der Waals surface area contributed by atoms with E-state index in [4.69, 9.17) is 5.10 Å². The van der Waals surface area contributed by atoms with Crippen LogP contribution in [0.1, 0.15) is 92.0 Å². The van der Waals surface area contributed by atoms with Crippen LogP contribution in [0.3, 0.4) is 0 Å². The van der Waals surface area contributed by atoms with E-state index >= 15 is 0 Å². The fourth-order valence-corrected chi connectivity index (χ4v) is 7.66. The molecule has 11 heteroatoms. The van der Waals surface area contributed by atoms with Gasteiger partial charge in [0, 0.05) is 56.1 Å². The van der Waals surface area contributed by atoms with Gasteiger partial charge in [-0.05, 0) is 90.2 Å². The zero-order valence-corrected chi connectivity index (χ0v) is 29.1. The Morgan fingerprint density at radius 3 is 2.43 bits per heavy atom. The molecular weight excluding hydrogens is 594 g/mol. The molecule has 258 valence electrons. The SMILES string of the molecule is CCCCN1C(=O)C(C(O)C2CCCCC2)NC(=O)C12CCN(Cc1c(C)nn(-c3ccc(C(=O)NCCN(C)C)cc3)c1C)CC2. The number of carbonyl (C=O) groups is 3. The van der Waals surface area contributed by atoms with Crippen molar-refractivity contribution < 1.29 is 19.5 Å². The number of piperazine rings is 1. The van der Waals surface area contributed by atoms with E-state index in [0.29, 0.717) is 51.1 Å². The molecule has 3 N–H and O–H groups in total. The first-order valence-electron chi connectivity index (χ1n) is 17.7. The minimum absolute atomic E-state index is 0.0600. The normalized spacial score (nSPS) is 21.3. The first kappa shape index (κ1) is 35.0. The lowest BCUT2D eigenvalue weighted by molar-refractivity contribution is -0.166. The van der Waals surface area contributed by atoms with Crippen LogP contribution in [0, 0.1) is 19.8 Å². The maximum absolute atomic E-state index is 14.0. The van der Waals surface area contributed by atoms with Gasteiger partial charge < -0.3 is 25.5 Å². The topological polar surface area (TPSA) is 123 Å². The molecule has 0 bridgehead atoms. The van der Waals surface area contributed by atoms with Gasteiger partial charge in [-0.1, -0.05) is 32.6 Å². The Hall–Kier alpha value is -3.28. The van der Waals surface area contributed by atoms with Crippen molar-refractivity contribution in [1.82, 2.24) is 35.1 Å². The van der Waals surface area contributed by atoms with E-state index in [9.17, 15) is 19.5 Å². The van der Waals surface area contributed by atoms with Gasteiger partial charge >= 0.3 is 0 Å². The van der Waals surface area contributed by atoms with Crippen molar-refractivity contribution >= 4 is 17.7 Å². The molecule has 1 aromatic carbocycles. The summed E-state index contributed by atoms with van der Waals surface area (Å²) in [5.74, 6) is -0.255. The lowest BCUT2D eigenvalue weighted by Crippen LogP contribution is -2.75. The number of hydrogen-bond donors (Lipinski definition) is 3. The third-order valence-corrected chi connectivity index (χ3v) is 10.7. The standard InChI is InChI=1S/C36H55N7O4/c1-6-7-20-42-34(46)31(32(44)27-11-9-8-10-12-27)38-35(47)36(42)17-21-41(22-18-36)24-30-25(2)39-43(26(30)3)29-15-13-28(14-16-29)33(45)37-19-23-40(4)5/h13-16,27,31-32,44H,6-12,17-24H2,1-5H3,(H,37,45)(H,38,47). The first-order valence-corrected chi connectivity index (χ1v) is 17.7. The molecular formula is C36H55N7O4. The number of likely N-dealkylation sites (tertiary alicyclic amines) is 1. The Labute approximate surface area is 280 Å². The molecule has 1 aromatic heterocycles. The van der Waals surface area contributed by atoms with E-state index in [1.807, 2.05) is 59.8 Å². The maximum atomic E-state index is 14.0. The predicted octanol–water partition coefficient (Wildman–Crippen LogP) is 3.18. The van der Waals surface area contributed by atoms with E-state index in [2.05, 4.69) is 29.4 Å². The van der Waals surface area contributed by atoms with Gasteiger partial charge in [-0.2, -0.15) is 5.10 Å². The number of amides is 3. The Kier molecular flexibility index (Phi) is 11.4. The fraction of sp³-hybridized carbons (Fsp3) is 0.667. The highest BCUT2D eigenvalue weighted by Crippen LogP contribution is 2.37. The lowest BCUT2D eigenvalue weighted by Gasteiger charge is -2.52. The van der Waals surface area contributed by atoms with Gasteiger partial charge in [0.2, 0.25) is 11.8 Å². The van der Waals surface area contributed by atoms with Crippen LogP contribution in [0.5, 0.6) is 0 Å². The number of nitrogens with one attached hydrogen (secondary N) is 2. The Morgan fingerprint density at radius 1 is 1.11 bits per heavy atom. The highest BCUT2D eigenvalue weighted by molar-refractivity contribution is 6.00. The van der Waals surface area contributed by atoms with Crippen LogP contribution in [0.2, 0.25) is 0 Å². The Bertz CT molecular complexity index is 1390. The highest BCUT2D eigenvalue weighted by atomic mass is 16.3. The first-order chi connectivity index (χ1) is 22.6. The van der Waals surface area contributed by atoms with Gasteiger partial charge in [-0.15, -0.1) is 0 Å². The van der Waals surface area contributed by atoms with Crippen molar-refractivity contribution in [2.24, 2.45) is 5.92 Å². The molecule has 2 aliphatic heterocycles. The molecule has 2 atom stereocenters. The van der Waals surface area contributed by atoms with Crippen LogP contribution in [0.25, 0.3) is 5.69 Å². The molecule has 1 spiro atoms. The molecule has 11 nitrogen and oxygen atoms in total. The van der Waals surface area contributed by atoms with Crippen molar-refractivity contribution in [3.63, 3.8) is 0 Å². The van der Waals surface area contributed by atoms with E-state index in [1.54, 1.807) is 0 Å². The van der Waals surface area contributed by atoms with Crippen molar-refractivity contribution in [3.8, 4) is 5.69 Å². The molecule has 3 amide bonds. The molecule has 1 saturated carbocycles. The molecule has 2 unspecified atom stereocenters. The number of aliphatic hydroxyl groups excluding tert-OH is 1. The van der Waals surface area contributed by atoms with Crippen LogP contribution in [-0.2, 0) is 16.1 Å². The molecule has 3 heterocycles. The molecule has 1 aliphatic carbocycles. The van der Waals surface area contributed by atoms with Crippen LogP contribution in [0.4, 0.5) is 0 Å². The van der Waals surface area contributed by atoms with E-state index in [-0.39, 0.29) is 23.6 Å². The summed E-state index contributed by atoms with van der Waals surface area (Å²) in [7, 11) is 3.95. The lowest BCUT2D eigenvalue weighted by atomic mass is 9.78. The minimum atomic E-state index is -0.875. The van der Waals surface area contributed by atoms with Gasteiger partial charge in [0.1, 0.15) is 11.6 Å². The highest BCUT2D eigenvalue weighted by Gasteiger charge is 2.55. The average molecular weight is 650 g/mol. The summed E-state index contributed by atoms with van der Waals surface area (Å²) in [5, 5.41) is 22.1. The van der Waals surface area contributed by atoms with Gasteiger partial charge in [0.15, 0.2) is 0 Å². The number of carbonyl (C=O) groups excluding carboxylic acids is 3. The van der Waals surface area contributed by atoms with Crippen LogP contribution in [0.15, 0.2) is 24.3 Å². The molecule has 3 aliphatic rings. The van der Waals surface area contributed by atoms with Crippen molar-refractivity contribution in [3.05, 3.63) is 46.8 Å². The smallest absolute Gasteiger partial charge is 0.251 e. The summed E-state index contributed by atoms with van der Waals surface area (Å²) in [6, 6.07) is 6.67. The number of nitrogens with zero attached hydrogens (tertiary/aromatic N) is 5. The second kappa shape index (κ2) is 15.3. The largest absolute Gasteiger partial charge is 0.390 e. The summed E-state index contributed by atoms with van der Waals surface area (Å²) in [6.45, 7) is 10.2. The third-order valence-electron chi connectivity index (χ3n) is 10.7. The van der Waals surface area contributed by atoms with Gasteiger partial charge in [-0.25, -0.2) is 4.68 Å². The Morgan fingerprint density at radius 2 is 1.79 bits per heavy atom. The summed E-state index contributed by atoms with van der Waals surface area (Å²) < 4.78 is 1.93. The Balaban J connectivity index is 1.24. The van der Waals surface area contributed by atoms with Gasteiger partial charge in [0.05, 0.1) is 17.5 Å². The summed E-state index contributed by atoms with van der Waals surface area (Å²) in [5.41, 5.74) is 3.77. The minimum Gasteiger partial charge on any atom is -0.390 e. The zero-order valence-electron chi connectivity index (χ0n) is 29.1. The van der Waals surface area contributed by atoms with Gasteiger partial charge in [-0.3, -0.25) is 19.3 Å². The average Bonchev–Trinajstić information content (AvgIpc) is 3.35. The monoisotopic (exact) mass is 649 g/mol. The number of rotatable bonds is 12. The van der Waals surface area contributed by atoms with Gasteiger partial charge in [0.25, 0.3) is 5.91 Å². The number of benzene rings is 1. The molecule has 0 radical (unpaired) electrons. The molecule has 2 saturated heterocycles. The van der Waals surface area contributed by atoms with Crippen molar-refractivity contribution in [1.29, 1.82) is 0 Å². The summed E-state index contributed by atoms with van der Waals surface area (Å²) >= 11 is 0. The number of likely N-dealkylation sites (N-methyl/N-ethyl adjacent to an activating group) is 1. The second-order valence-electron chi connectivity index (χ2n) is 14.2. The van der Waals surface area contributed by atoms with Crippen molar-refractivity contribution in [2.45, 2.75) is 103 Å². The molecule has 2 aromatic rings. The molecule has 5 rings (SSSR count). The third kappa shape index (κ3) is 7.57. The number of aryl methyl sites for hydroxylation is 1.